The predicted octanol–water partition coefficient (Wildman–Crippen LogP) is 3.51. The number of aliphatic hydroxyl groups is 1. The van der Waals surface area contributed by atoms with Crippen LogP contribution in [0.4, 0.5) is 0 Å². The summed E-state index contributed by atoms with van der Waals surface area (Å²) in [4.78, 5) is 0. The summed E-state index contributed by atoms with van der Waals surface area (Å²) in [5.41, 5.74) is 1.06. The molecule has 2 aliphatic carbocycles. The Morgan fingerprint density at radius 3 is 2.00 bits per heavy atom. The van der Waals surface area contributed by atoms with Gasteiger partial charge < -0.3 is 5.11 Å². The first-order valence-electron chi connectivity index (χ1n) is 6.35. The molecule has 0 amide bonds. The highest BCUT2D eigenvalue weighted by Gasteiger charge is 2.44. The molecule has 1 heteroatoms. The molecule has 0 aromatic heterocycles. The second-order valence-electron chi connectivity index (χ2n) is 5.76. The molecule has 0 heterocycles. The maximum absolute atomic E-state index is 9.53. The molecule has 0 aromatic rings. The summed E-state index contributed by atoms with van der Waals surface area (Å²) < 4.78 is 0. The molecule has 0 radical (unpaired) electrons. The van der Waals surface area contributed by atoms with Gasteiger partial charge in [-0.05, 0) is 55.8 Å². The van der Waals surface area contributed by atoms with Crippen molar-refractivity contribution in [3.05, 3.63) is 0 Å². The lowest BCUT2D eigenvalue weighted by molar-refractivity contribution is -0.0176. The van der Waals surface area contributed by atoms with Gasteiger partial charge in [0.2, 0.25) is 0 Å². The smallest absolute Gasteiger partial charge is 0.0487 e. The second-order valence-corrected chi connectivity index (χ2v) is 5.76. The van der Waals surface area contributed by atoms with E-state index in [-0.39, 0.29) is 0 Å². The maximum atomic E-state index is 9.53. The summed E-state index contributed by atoms with van der Waals surface area (Å²) in [6, 6.07) is 0. The normalized spacial score (nSPS) is 28.7. The van der Waals surface area contributed by atoms with Crippen LogP contribution in [0.1, 0.15) is 64.7 Å². The van der Waals surface area contributed by atoms with Crippen LogP contribution in [0.3, 0.4) is 0 Å². The van der Waals surface area contributed by atoms with E-state index in [1.165, 1.54) is 57.8 Å². The first kappa shape index (κ1) is 10.5. The van der Waals surface area contributed by atoms with E-state index in [0.29, 0.717) is 12.0 Å². The molecule has 1 nitrogen and oxygen atoms in total. The third kappa shape index (κ3) is 1.71. The van der Waals surface area contributed by atoms with Gasteiger partial charge in [0.05, 0.1) is 0 Å². The highest BCUT2D eigenvalue weighted by Crippen LogP contribution is 2.56. The van der Waals surface area contributed by atoms with Crippen molar-refractivity contribution in [2.45, 2.75) is 64.7 Å². The molecule has 0 bridgehead atoms. The van der Waals surface area contributed by atoms with E-state index < -0.39 is 0 Å². The molecule has 0 aromatic carbocycles. The molecule has 14 heavy (non-hydrogen) atoms. The number of hydrogen-bond acceptors (Lipinski definition) is 1. The van der Waals surface area contributed by atoms with Crippen molar-refractivity contribution in [1.29, 1.82) is 0 Å². The van der Waals surface area contributed by atoms with Crippen molar-refractivity contribution in [2.24, 2.45) is 10.8 Å². The van der Waals surface area contributed by atoms with Gasteiger partial charge in [0.1, 0.15) is 0 Å². The summed E-state index contributed by atoms with van der Waals surface area (Å²) in [5, 5.41) is 9.53. The van der Waals surface area contributed by atoms with E-state index in [4.69, 9.17) is 0 Å². The predicted molar refractivity (Wildman–Crippen MR) is 59.2 cm³/mol. The Morgan fingerprint density at radius 1 is 1.00 bits per heavy atom. The molecule has 1 N–H and O–H groups in total. The third-order valence-electron chi connectivity index (χ3n) is 4.90. The van der Waals surface area contributed by atoms with Crippen molar-refractivity contribution in [2.75, 3.05) is 6.61 Å². The Kier molecular flexibility index (Phi) is 2.88. The fourth-order valence-electron chi connectivity index (χ4n) is 3.50. The van der Waals surface area contributed by atoms with E-state index in [1.54, 1.807) is 0 Å². The summed E-state index contributed by atoms with van der Waals surface area (Å²) in [7, 11) is 0. The van der Waals surface area contributed by atoms with E-state index in [0.717, 1.165) is 5.41 Å². The molecule has 0 saturated heterocycles. The Bertz CT molecular complexity index is 183. The van der Waals surface area contributed by atoms with E-state index >= 15 is 0 Å². The van der Waals surface area contributed by atoms with Gasteiger partial charge in [-0.15, -0.1) is 0 Å². The quantitative estimate of drug-likeness (QED) is 0.732. The Hall–Kier alpha value is -0.0400. The Morgan fingerprint density at radius 2 is 1.64 bits per heavy atom. The van der Waals surface area contributed by atoms with Gasteiger partial charge >= 0.3 is 0 Å². The highest BCUT2D eigenvalue weighted by atomic mass is 16.3. The van der Waals surface area contributed by atoms with Crippen LogP contribution in [0.5, 0.6) is 0 Å². The standard InChI is InChI=1S/C13H24O/c1-2-4-13(11-14)9-7-12(8-10-13)5-3-6-12/h14H,2-11H2,1H3. The molecule has 2 aliphatic rings. The zero-order valence-corrected chi connectivity index (χ0v) is 9.52. The van der Waals surface area contributed by atoms with E-state index in [2.05, 4.69) is 6.92 Å². The Balaban J connectivity index is 1.91. The largest absolute Gasteiger partial charge is 0.396 e. The Labute approximate surface area is 87.9 Å². The lowest BCUT2D eigenvalue weighted by Gasteiger charge is -2.51. The van der Waals surface area contributed by atoms with Crippen LogP contribution in [-0.2, 0) is 0 Å². The topological polar surface area (TPSA) is 20.2 Å². The third-order valence-corrected chi connectivity index (χ3v) is 4.90. The maximum Gasteiger partial charge on any atom is 0.0487 e. The summed E-state index contributed by atoms with van der Waals surface area (Å²) in [6.07, 6.45) is 12.2. The molecule has 2 fully saturated rings. The van der Waals surface area contributed by atoms with Gasteiger partial charge in [0.15, 0.2) is 0 Å². The SMILES string of the molecule is CCCC1(CO)CCC2(CCC2)CC1. The van der Waals surface area contributed by atoms with Crippen LogP contribution in [0.2, 0.25) is 0 Å². The van der Waals surface area contributed by atoms with Crippen LogP contribution < -0.4 is 0 Å². The van der Waals surface area contributed by atoms with Gasteiger partial charge in [0, 0.05) is 6.61 Å². The molecule has 82 valence electrons. The van der Waals surface area contributed by atoms with Gasteiger partial charge in [-0.2, -0.15) is 0 Å². The average Bonchev–Trinajstić information content (AvgIpc) is 2.17. The fourth-order valence-corrected chi connectivity index (χ4v) is 3.50. The van der Waals surface area contributed by atoms with Gasteiger partial charge in [-0.3, -0.25) is 0 Å². The van der Waals surface area contributed by atoms with Gasteiger partial charge in [-0.1, -0.05) is 19.8 Å². The fraction of sp³-hybridized carbons (Fsp3) is 1.00. The van der Waals surface area contributed by atoms with E-state index in [1.807, 2.05) is 0 Å². The molecule has 2 saturated carbocycles. The summed E-state index contributed by atoms with van der Waals surface area (Å²) in [6.45, 7) is 2.67. The molecule has 0 atom stereocenters. The number of hydrogen-bond donors (Lipinski definition) is 1. The lowest BCUT2D eigenvalue weighted by Crippen LogP contribution is -2.40. The minimum atomic E-state index is 0.315. The van der Waals surface area contributed by atoms with Crippen LogP contribution in [-0.4, -0.2) is 11.7 Å². The molecular formula is C13H24O. The van der Waals surface area contributed by atoms with Crippen molar-refractivity contribution in [1.82, 2.24) is 0 Å². The minimum Gasteiger partial charge on any atom is -0.396 e. The second kappa shape index (κ2) is 3.84. The van der Waals surface area contributed by atoms with Crippen LogP contribution in [0.25, 0.3) is 0 Å². The van der Waals surface area contributed by atoms with Crippen LogP contribution in [0.15, 0.2) is 0 Å². The summed E-state index contributed by atoms with van der Waals surface area (Å²) >= 11 is 0. The number of aliphatic hydroxyl groups excluding tert-OH is 1. The minimum absolute atomic E-state index is 0.315. The highest BCUT2D eigenvalue weighted by molar-refractivity contribution is 4.96. The monoisotopic (exact) mass is 196 g/mol. The van der Waals surface area contributed by atoms with Crippen molar-refractivity contribution in [3.63, 3.8) is 0 Å². The van der Waals surface area contributed by atoms with E-state index in [9.17, 15) is 5.11 Å². The lowest BCUT2D eigenvalue weighted by atomic mass is 9.55. The van der Waals surface area contributed by atoms with Crippen molar-refractivity contribution in [3.8, 4) is 0 Å². The van der Waals surface area contributed by atoms with Gasteiger partial charge in [-0.25, -0.2) is 0 Å². The van der Waals surface area contributed by atoms with Gasteiger partial charge in [0.25, 0.3) is 0 Å². The molecule has 1 spiro atoms. The molecule has 0 unspecified atom stereocenters. The zero-order valence-electron chi connectivity index (χ0n) is 9.52. The van der Waals surface area contributed by atoms with Crippen molar-refractivity contribution >= 4 is 0 Å². The first-order valence-corrected chi connectivity index (χ1v) is 6.35. The number of rotatable bonds is 3. The van der Waals surface area contributed by atoms with Crippen LogP contribution in [0, 0.1) is 10.8 Å². The molecule has 0 aliphatic heterocycles. The zero-order chi connectivity index (χ0) is 10.1. The van der Waals surface area contributed by atoms with Crippen LogP contribution >= 0.6 is 0 Å². The summed E-state index contributed by atoms with van der Waals surface area (Å²) in [5.74, 6) is 0. The molecular weight excluding hydrogens is 172 g/mol. The van der Waals surface area contributed by atoms with Crippen molar-refractivity contribution < 1.29 is 5.11 Å². The average molecular weight is 196 g/mol. The first-order chi connectivity index (χ1) is 6.74. The molecule has 2 rings (SSSR count).